The Labute approximate surface area is 205 Å². The standard InChI is InChI=1S/C30H42N2O2/c1-5-31(6-2)28(34)26-13-12-24-23-20-32(19-21-10-8-7-9-11-21)27-18-22(33)14-16-30(27,4)25(23)15-17-29(24,26)3/h7-11,18,23-26H,5-6,12-17,19-20H2,1-4H3/t23?,24?,25?,26-,29+,30-/m1/s1. The fourth-order valence-electron chi connectivity index (χ4n) is 8.53. The van der Waals surface area contributed by atoms with Crippen LogP contribution in [-0.2, 0) is 16.1 Å². The quantitative estimate of drug-likeness (QED) is 0.565. The van der Waals surface area contributed by atoms with E-state index in [-0.39, 0.29) is 22.5 Å². The number of hydrogen-bond donors (Lipinski definition) is 0. The van der Waals surface area contributed by atoms with Gasteiger partial charge in [0.05, 0.1) is 0 Å². The normalized spacial score (nSPS) is 36.9. The molecular formula is C30H42N2O2. The molecule has 1 amide bonds. The van der Waals surface area contributed by atoms with Crippen molar-refractivity contribution in [2.24, 2.45) is 34.5 Å². The van der Waals surface area contributed by atoms with Crippen LogP contribution in [0.1, 0.15) is 71.8 Å². The van der Waals surface area contributed by atoms with Gasteiger partial charge in [-0.25, -0.2) is 0 Å². The van der Waals surface area contributed by atoms with Crippen molar-refractivity contribution in [3.05, 3.63) is 47.7 Å². The molecule has 6 atom stereocenters. The second-order valence-electron chi connectivity index (χ2n) is 11.8. The number of carbonyl (C=O) groups is 2. The Bertz CT molecular complexity index is 967. The van der Waals surface area contributed by atoms with E-state index in [2.05, 4.69) is 67.8 Å². The zero-order valence-corrected chi connectivity index (χ0v) is 21.6. The van der Waals surface area contributed by atoms with Crippen LogP contribution in [0.2, 0.25) is 0 Å². The van der Waals surface area contributed by atoms with Crippen molar-refractivity contribution < 1.29 is 9.59 Å². The number of allylic oxidation sites excluding steroid dienone is 2. The molecule has 1 aliphatic heterocycles. The van der Waals surface area contributed by atoms with Gasteiger partial charge in [0.25, 0.3) is 0 Å². The third-order valence-corrected chi connectivity index (χ3v) is 10.4. The molecule has 34 heavy (non-hydrogen) atoms. The van der Waals surface area contributed by atoms with Crippen molar-refractivity contribution in [2.45, 2.75) is 72.8 Å². The minimum Gasteiger partial charge on any atom is -0.370 e. The van der Waals surface area contributed by atoms with E-state index in [1.54, 1.807) is 0 Å². The molecule has 5 rings (SSSR count). The maximum Gasteiger partial charge on any atom is 0.226 e. The van der Waals surface area contributed by atoms with Gasteiger partial charge in [0, 0.05) is 55.7 Å². The van der Waals surface area contributed by atoms with Gasteiger partial charge in [-0.2, -0.15) is 0 Å². The van der Waals surface area contributed by atoms with Crippen molar-refractivity contribution in [3.63, 3.8) is 0 Å². The molecule has 1 heterocycles. The number of fused-ring (bicyclic) bond motifs is 5. The summed E-state index contributed by atoms with van der Waals surface area (Å²) in [5.74, 6) is 2.63. The smallest absolute Gasteiger partial charge is 0.226 e. The van der Waals surface area contributed by atoms with Crippen LogP contribution in [0.3, 0.4) is 0 Å². The summed E-state index contributed by atoms with van der Waals surface area (Å²) in [6.45, 7) is 12.6. The Morgan fingerprint density at radius 1 is 1.03 bits per heavy atom. The Morgan fingerprint density at radius 2 is 1.76 bits per heavy atom. The van der Waals surface area contributed by atoms with Crippen LogP contribution in [0.4, 0.5) is 0 Å². The fraction of sp³-hybridized carbons (Fsp3) is 0.667. The van der Waals surface area contributed by atoms with E-state index in [1.807, 2.05) is 6.08 Å². The second kappa shape index (κ2) is 8.84. The highest BCUT2D eigenvalue weighted by molar-refractivity contribution is 5.91. The average Bonchev–Trinajstić information content (AvgIpc) is 3.19. The topological polar surface area (TPSA) is 40.6 Å². The highest BCUT2D eigenvalue weighted by Crippen LogP contribution is 2.65. The lowest BCUT2D eigenvalue weighted by Crippen LogP contribution is -2.58. The first-order valence-corrected chi connectivity index (χ1v) is 13.6. The predicted octanol–water partition coefficient (Wildman–Crippen LogP) is 5.68. The molecular weight excluding hydrogens is 420 g/mol. The van der Waals surface area contributed by atoms with Gasteiger partial charge in [0.2, 0.25) is 5.91 Å². The molecule has 1 aromatic rings. The van der Waals surface area contributed by atoms with Crippen molar-refractivity contribution in [3.8, 4) is 0 Å². The van der Waals surface area contributed by atoms with Gasteiger partial charge in [-0.3, -0.25) is 9.59 Å². The van der Waals surface area contributed by atoms with Crippen molar-refractivity contribution in [2.75, 3.05) is 19.6 Å². The van der Waals surface area contributed by atoms with Crippen LogP contribution in [0.5, 0.6) is 0 Å². The van der Waals surface area contributed by atoms with Crippen LogP contribution in [0.15, 0.2) is 42.1 Å². The zero-order chi connectivity index (χ0) is 24.1. The third-order valence-electron chi connectivity index (χ3n) is 10.4. The third kappa shape index (κ3) is 3.63. The molecule has 3 fully saturated rings. The number of amides is 1. The molecule has 1 saturated heterocycles. The molecule has 3 unspecified atom stereocenters. The summed E-state index contributed by atoms with van der Waals surface area (Å²) >= 11 is 0. The Hall–Kier alpha value is -2.10. The SMILES string of the molecule is CCN(CC)C(=O)[C@H]1CCC2C3CN(Cc4ccccc4)C4=CC(=O)CC[C@]4(C)C3CC[C@@]21C. The van der Waals surface area contributed by atoms with Crippen LogP contribution < -0.4 is 0 Å². The molecule has 0 N–H and O–H groups in total. The van der Waals surface area contributed by atoms with Gasteiger partial charge in [0.15, 0.2) is 5.78 Å². The van der Waals surface area contributed by atoms with E-state index < -0.39 is 0 Å². The largest absolute Gasteiger partial charge is 0.370 e. The molecule has 3 aliphatic carbocycles. The summed E-state index contributed by atoms with van der Waals surface area (Å²) in [5.41, 5.74) is 2.75. The second-order valence-corrected chi connectivity index (χ2v) is 11.8. The van der Waals surface area contributed by atoms with E-state index in [9.17, 15) is 9.59 Å². The van der Waals surface area contributed by atoms with Crippen molar-refractivity contribution in [1.29, 1.82) is 0 Å². The Balaban J connectivity index is 1.48. The monoisotopic (exact) mass is 462 g/mol. The number of ketones is 1. The molecule has 0 radical (unpaired) electrons. The summed E-state index contributed by atoms with van der Waals surface area (Å²) in [7, 11) is 0. The van der Waals surface area contributed by atoms with Crippen molar-refractivity contribution in [1.82, 2.24) is 9.80 Å². The van der Waals surface area contributed by atoms with Gasteiger partial charge in [-0.05, 0) is 74.7 Å². The van der Waals surface area contributed by atoms with Gasteiger partial charge >= 0.3 is 0 Å². The molecule has 0 spiro atoms. The molecule has 4 aliphatic rings. The number of benzene rings is 1. The summed E-state index contributed by atoms with van der Waals surface area (Å²) in [6.07, 6.45) is 8.16. The minimum absolute atomic E-state index is 0.0634. The number of nitrogens with zero attached hydrogens (tertiary/aromatic N) is 2. The molecule has 4 heteroatoms. The lowest BCUT2D eigenvalue weighted by molar-refractivity contribution is -0.144. The number of piperidine rings is 1. The lowest BCUT2D eigenvalue weighted by atomic mass is 9.49. The number of likely N-dealkylation sites (tertiary alicyclic amines) is 1. The van der Waals surface area contributed by atoms with Crippen LogP contribution in [-0.4, -0.2) is 41.1 Å². The molecule has 184 valence electrons. The fourth-order valence-corrected chi connectivity index (χ4v) is 8.53. The first kappa shape index (κ1) is 23.6. The molecule has 0 bridgehead atoms. The van der Waals surface area contributed by atoms with E-state index in [0.717, 1.165) is 45.4 Å². The molecule has 4 nitrogen and oxygen atoms in total. The van der Waals surface area contributed by atoms with E-state index in [0.29, 0.717) is 30.1 Å². The highest BCUT2D eigenvalue weighted by Gasteiger charge is 2.61. The highest BCUT2D eigenvalue weighted by atomic mass is 16.2. The lowest BCUT2D eigenvalue weighted by Gasteiger charge is -2.61. The molecule has 2 saturated carbocycles. The van der Waals surface area contributed by atoms with E-state index >= 15 is 0 Å². The van der Waals surface area contributed by atoms with Crippen LogP contribution >= 0.6 is 0 Å². The average molecular weight is 463 g/mol. The first-order valence-electron chi connectivity index (χ1n) is 13.6. The van der Waals surface area contributed by atoms with Crippen molar-refractivity contribution >= 4 is 11.7 Å². The molecule has 0 aromatic heterocycles. The van der Waals surface area contributed by atoms with E-state index in [1.165, 1.54) is 24.1 Å². The zero-order valence-electron chi connectivity index (χ0n) is 21.6. The number of rotatable bonds is 5. The first-order chi connectivity index (χ1) is 16.3. The summed E-state index contributed by atoms with van der Waals surface area (Å²) in [6, 6.07) is 10.7. The van der Waals surface area contributed by atoms with Gasteiger partial charge in [-0.15, -0.1) is 0 Å². The number of carbonyl (C=O) groups excluding carboxylic acids is 2. The molecule has 1 aromatic carbocycles. The summed E-state index contributed by atoms with van der Waals surface area (Å²) in [5, 5.41) is 0. The van der Waals surface area contributed by atoms with Gasteiger partial charge < -0.3 is 9.80 Å². The maximum atomic E-state index is 13.5. The Morgan fingerprint density at radius 3 is 2.47 bits per heavy atom. The summed E-state index contributed by atoms with van der Waals surface area (Å²) in [4.78, 5) is 30.7. The van der Waals surface area contributed by atoms with Crippen LogP contribution in [0, 0.1) is 34.5 Å². The van der Waals surface area contributed by atoms with Gasteiger partial charge in [-0.1, -0.05) is 44.2 Å². The van der Waals surface area contributed by atoms with E-state index in [4.69, 9.17) is 0 Å². The van der Waals surface area contributed by atoms with Gasteiger partial charge in [0.1, 0.15) is 0 Å². The minimum atomic E-state index is 0.0634. The Kier molecular flexibility index (Phi) is 6.14. The predicted molar refractivity (Wildman–Crippen MR) is 136 cm³/mol. The van der Waals surface area contributed by atoms with Crippen LogP contribution in [0.25, 0.3) is 0 Å². The number of hydrogen-bond acceptors (Lipinski definition) is 3. The maximum absolute atomic E-state index is 13.5. The summed E-state index contributed by atoms with van der Waals surface area (Å²) < 4.78 is 0.